The van der Waals surface area contributed by atoms with Gasteiger partial charge >= 0.3 is 6.18 Å². The normalized spacial score (nSPS) is 14.4. The fourth-order valence-electron chi connectivity index (χ4n) is 3.63. The number of halogens is 3. The fraction of sp³-hybridized carbons (Fsp3) is 0.250. The number of carbonyl (C=O) groups is 1. The molecule has 7 heteroatoms. The summed E-state index contributed by atoms with van der Waals surface area (Å²) in [5.74, 6) is -0.173. The molecule has 1 aliphatic heterocycles. The smallest absolute Gasteiger partial charge is 0.433 e. The van der Waals surface area contributed by atoms with Gasteiger partial charge in [-0.3, -0.25) is 4.79 Å². The number of benzene rings is 2. The molecule has 0 spiro atoms. The fourth-order valence-corrected chi connectivity index (χ4v) is 3.63. The molecule has 3 aromatic rings. The number of hydrogen-bond donors (Lipinski definition) is 0. The molecule has 4 nitrogen and oxygen atoms in total. The highest BCUT2D eigenvalue weighted by molar-refractivity contribution is 5.78. The number of ether oxygens (including phenoxy) is 1. The van der Waals surface area contributed by atoms with Crippen LogP contribution in [0.25, 0.3) is 0 Å². The van der Waals surface area contributed by atoms with Gasteiger partial charge in [0.2, 0.25) is 11.8 Å². The minimum atomic E-state index is -4.52. The van der Waals surface area contributed by atoms with Crippen LogP contribution in [0.3, 0.4) is 0 Å². The highest BCUT2D eigenvalue weighted by atomic mass is 19.4. The first-order chi connectivity index (χ1) is 14.9. The van der Waals surface area contributed by atoms with Crippen molar-refractivity contribution in [3.63, 3.8) is 0 Å². The molecule has 2 aromatic carbocycles. The number of likely N-dealkylation sites (tertiary alicyclic amines) is 1. The quantitative estimate of drug-likeness (QED) is 0.562. The van der Waals surface area contributed by atoms with Crippen molar-refractivity contribution in [2.45, 2.75) is 24.6 Å². The summed E-state index contributed by atoms with van der Waals surface area (Å²) < 4.78 is 43.9. The van der Waals surface area contributed by atoms with Gasteiger partial charge in [0.05, 0.1) is 13.1 Å². The molecule has 1 fully saturated rings. The highest BCUT2D eigenvalue weighted by Gasteiger charge is 2.35. The molecule has 1 aromatic heterocycles. The molecule has 0 saturated carbocycles. The molecule has 0 unspecified atom stereocenters. The van der Waals surface area contributed by atoms with Gasteiger partial charge in [-0.1, -0.05) is 66.7 Å². The maximum atomic E-state index is 12.9. The Bertz CT molecular complexity index is 980. The second-order valence-corrected chi connectivity index (χ2v) is 7.48. The lowest BCUT2D eigenvalue weighted by atomic mass is 9.88. The van der Waals surface area contributed by atoms with Crippen molar-refractivity contribution in [3.05, 3.63) is 95.7 Å². The van der Waals surface area contributed by atoms with Gasteiger partial charge in [-0.2, -0.15) is 13.2 Å². The van der Waals surface area contributed by atoms with E-state index in [0.29, 0.717) is 19.5 Å². The number of amides is 1. The van der Waals surface area contributed by atoms with E-state index in [1.165, 1.54) is 12.1 Å². The number of aromatic nitrogens is 1. The molecular formula is C24H21F3N2O2. The number of pyridine rings is 1. The number of alkyl halides is 3. The first-order valence-corrected chi connectivity index (χ1v) is 9.99. The molecule has 1 amide bonds. The molecule has 0 bridgehead atoms. The largest absolute Gasteiger partial charge is 0.471 e. The zero-order chi connectivity index (χ0) is 21.8. The Morgan fingerprint density at radius 2 is 1.52 bits per heavy atom. The molecule has 2 heterocycles. The predicted octanol–water partition coefficient (Wildman–Crippen LogP) is 4.91. The van der Waals surface area contributed by atoms with Gasteiger partial charge in [0.25, 0.3) is 0 Å². The Morgan fingerprint density at radius 1 is 0.935 bits per heavy atom. The first kappa shape index (κ1) is 20.9. The van der Waals surface area contributed by atoms with Crippen LogP contribution in [0.15, 0.2) is 78.9 Å². The Morgan fingerprint density at radius 3 is 2.06 bits per heavy atom. The molecule has 160 valence electrons. The van der Waals surface area contributed by atoms with Crippen molar-refractivity contribution < 1.29 is 22.7 Å². The van der Waals surface area contributed by atoms with Crippen LogP contribution in [0.2, 0.25) is 0 Å². The summed E-state index contributed by atoms with van der Waals surface area (Å²) in [7, 11) is 0. The lowest BCUT2D eigenvalue weighted by Crippen LogP contribution is -2.56. The van der Waals surface area contributed by atoms with Crippen molar-refractivity contribution in [3.8, 4) is 5.88 Å². The lowest BCUT2D eigenvalue weighted by molar-refractivity contribution is -0.142. The van der Waals surface area contributed by atoms with E-state index in [1.54, 1.807) is 4.90 Å². The summed E-state index contributed by atoms with van der Waals surface area (Å²) in [4.78, 5) is 18.0. The Hall–Kier alpha value is -3.35. The average Bonchev–Trinajstić information content (AvgIpc) is 2.75. The van der Waals surface area contributed by atoms with E-state index in [-0.39, 0.29) is 23.8 Å². The number of hydrogen-bond acceptors (Lipinski definition) is 3. The van der Waals surface area contributed by atoms with Crippen LogP contribution in [-0.2, 0) is 11.0 Å². The van der Waals surface area contributed by atoms with Crippen molar-refractivity contribution in [1.29, 1.82) is 0 Å². The van der Waals surface area contributed by atoms with E-state index < -0.39 is 11.9 Å². The summed E-state index contributed by atoms with van der Waals surface area (Å²) in [6.07, 6.45) is -4.58. The maximum Gasteiger partial charge on any atom is 0.433 e. The van der Waals surface area contributed by atoms with Crippen molar-refractivity contribution in [2.75, 3.05) is 13.1 Å². The molecule has 0 radical (unpaired) electrons. The van der Waals surface area contributed by atoms with E-state index in [4.69, 9.17) is 4.74 Å². The topological polar surface area (TPSA) is 42.4 Å². The van der Waals surface area contributed by atoms with Gasteiger partial charge in [0, 0.05) is 18.4 Å². The zero-order valence-corrected chi connectivity index (χ0v) is 16.6. The molecule has 0 aliphatic carbocycles. The Labute approximate surface area is 178 Å². The molecule has 0 N–H and O–H groups in total. The minimum Gasteiger partial charge on any atom is -0.471 e. The summed E-state index contributed by atoms with van der Waals surface area (Å²) in [6.45, 7) is 0.653. The first-order valence-electron chi connectivity index (χ1n) is 9.99. The monoisotopic (exact) mass is 426 g/mol. The second-order valence-electron chi connectivity index (χ2n) is 7.48. The zero-order valence-electron chi connectivity index (χ0n) is 16.6. The van der Waals surface area contributed by atoms with Crippen LogP contribution in [-0.4, -0.2) is 35.0 Å². The van der Waals surface area contributed by atoms with Gasteiger partial charge in [-0.05, 0) is 17.2 Å². The summed E-state index contributed by atoms with van der Waals surface area (Å²) in [5.41, 5.74) is 1.12. The van der Waals surface area contributed by atoms with Crippen molar-refractivity contribution >= 4 is 5.91 Å². The third kappa shape index (κ3) is 5.05. The SMILES string of the molecule is O=C(CC(c1ccccc1)c1ccccc1)N1CC(Oc2cccc(C(F)(F)F)n2)C1. The van der Waals surface area contributed by atoms with Crippen LogP contribution in [0, 0.1) is 0 Å². The predicted molar refractivity (Wildman–Crippen MR) is 110 cm³/mol. The summed E-state index contributed by atoms with van der Waals surface area (Å²) in [5, 5.41) is 0. The molecule has 4 rings (SSSR count). The van der Waals surface area contributed by atoms with Gasteiger partial charge in [-0.15, -0.1) is 0 Å². The van der Waals surface area contributed by atoms with Crippen LogP contribution in [0.1, 0.15) is 29.2 Å². The Kier molecular flexibility index (Phi) is 5.93. The van der Waals surface area contributed by atoms with Gasteiger partial charge in [0.1, 0.15) is 11.8 Å². The van der Waals surface area contributed by atoms with E-state index in [9.17, 15) is 18.0 Å². The summed E-state index contributed by atoms with van der Waals surface area (Å²) in [6, 6.07) is 23.2. The molecule has 0 atom stereocenters. The van der Waals surface area contributed by atoms with Crippen LogP contribution < -0.4 is 4.74 Å². The van der Waals surface area contributed by atoms with E-state index in [2.05, 4.69) is 4.98 Å². The Balaban J connectivity index is 1.38. The maximum absolute atomic E-state index is 12.9. The molecule has 1 saturated heterocycles. The van der Waals surface area contributed by atoms with Crippen LogP contribution >= 0.6 is 0 Å². The molecule has 1 aliphatic rings. The van der Waals surface area contributed by atoms with Gasteiger partial charge in [-0.25, -0.2) is 4.98 Å². The van der Waals surface area contributed by atoms with Crippen LogP contribution in [0.5, 0.6) is 5.88 Å². The van der Waals surface area contributed by atoms with Crippen LogP contribution in [0.4, 0.5) is 13.2 Å². The molecule has 31 heavy (non-hydrogen) atoms. The average molecular weight is 426 g/mol. The number of carbonyl (C=O) groups excluding carboxylic acids is 1. The van der Waals surface area contributed by atoms with Crippen molar-refractivity contribution in [2.24, 2.45) is 0 Å². The third-order valence-corrected chi connectivity index (χ3v) is 5.28. The number of rotatable bonds is 6. The third-order valence-electron chi connectivity index (χ3n) is 5.28. The van der Waals surface area contributed by atoms with Gasteiger partial charge in [0.15, 0.2) is 0 Å². The lowest BCUT2D eigenvalue weighted by Gasteiger charge is -2.39. The van der Waals surface area contributed by atoms with E-state index in [1.807, 2.05) is 60.7 Å². The highest BCUT2D eigenvalue weighted by Crippen LogP contribution is 2.31. The number of nitrogens with zero attached hydrogens (tertiary/aromatic N) is 2. The van der Waals surface area contributed by atoms with Gasteiger partial charge < -0.3 is 9.64 Å². The van der Waals surface area contributed by atoms with E-state index >= 15 is 0 Å². The van der Waals surface area contributed by atoms with Crippen molar-refractivity contribution in [1.82, 2.24) is 9.88 Å². The minimum absolute atomic E-state index is 0.0189. The second kappa shape index (κ2) is 8.79. The molecular weight excluding hydrogens is 405 g/mol. The van der Waals surface area contributed by atoms with E-state index in [0.717, 1.165) is 17.2 Å². The standard InChI is InChI=1S/C24H21F3N2O2/c25-24(26,27)21-12-7-13-22(28-21)31-19-15-29(16-19)23(30)14-20(17-8-3-1-4-9-17)18-10-5-2-6-11-18/h1-13,19-20H,14-16H2. The summed E-state index contributed by atoms with van der Waals surface area (Å²) >= 11 is 0.